The van der Waals surface area contributed by atoms with Crippen LogP contribution in [0.4, 0.5) is 5.69 Å². The van der Waals surface area contributed by atoms with E-state index < -0.39 is 0 Å². The number of carbonyl (C=O) groups is 1. The van der Waals surface area contributed by atoms with Gasteiger partial charge in [-0.1, -0.05) is 23.2 Å². The van der Waals surface area contributed by atoms with E-state index in [-0.39, 0.29) is 33.7 Å². The smallest absolute Gasteiger partial charge is 0.163 e. The van der Waals surface area contributed by atoms with E-state index in [2.05, 4.69) is 10.3 Å². The fourth-order valence-corrected chi connectivity index (χ4v) is 4.26. The standard InChI is InChI=1S/C22H21Cl2N3O3/c1-11(28)15-10-25-19-7-6-18(12-8-16(23)22(30)17(24)9-12)27-21(19)20(15)26-13-2-4-14(29)5-3-13/h6-10,13-14,29-30H,2-5H2,1H3,(H,25,26). The number of Topliss-reactive ketones (excluding diaryl/α,β-unsaturated/α-hetero) is 1. The first-order valence-electron chi connectivity index (χ1n) is 9.77. The second-order valence-electron chi connectivity index (χ2n) is 7.61. The number of ketones is 1. The molecule has 0 aliphatic heterocycles. The van der Waals surface area contributed by atoms with E-state index in [0.29, 0.717) is 33.5 Å². The summed E-state index contributed by atoms with van der Waals surface area (Å²) in [5, 5.41) is 23.4. The summed E-state index contributed by atoms with van der Waals surface area (Å²) in [5.74, 6) is -0.282. The van der Waals surface area contributed by atoms with Gasteiger partial charge in [0.2, 0.25) is 0 Å². The summed E-state index contributed by atoms with van der Waals surface area (Å²) in [5.41, 5.74) is 3.58. The molecule has 30 heavy (non-hydrogen) atoms. The molecule has 0 spiro atoms. The molecule has 3 aromatic rings. The molecule has 8 heteroatoms. The third-order valence-corrected chi connectivity index (χ3v) is 6.03. The van der Waals surface area contributed by atoms with Gasteiger partial charge in [-0.2, -0.15) is 0 Å². The highest BCUT2D eigenvalue weighted by Crippen LogP contribution is 2.37. The van der Waals surface area contributed by atoms with Crippen molar-refractivity contribution in [2.45, 2.75) is 44.8 Å². The number of nitrogens with zero attached hydrogens (tertiary/aromatic N) is 2. The van der Waals surface area contributed by atoms with E-state index in [1.165, 1.54) is 6.92 Å². The van der Waals surface area contributed by atoms with E-state index in [0.717, 1.165) is 25.7 Å². The fraction of sp³-hybridized carbons (Fsp3) is 0.318. The van der Waals surface area contributed by atoms with Gasteiger partial charge in [-0.3, -0.25) is 9.78 Å². The summed E-state index contributed by atoms with van der Waals surface area (Å²) < 4.78 is 0. The Morgan fingerprint density at radius 2 is 1.80 bits per heavy atom. The van der Waals surface area contributed by atoms with Gasteiger partial charge < -0.3 is 15.5 Å². The first-order valence-corrected chi connectivity index (χ1v) is 10.5. The number of aliphatic hydroxyl groups excluding tert-OH is 1. The molecule has 4 rings (SSSR count). The van der Waals surface area contributed by atoms with Crippen molar-refractivity contribution in [3.63, 3.8) is 0 Å². The Balaban J connectivity index is 1.82. The van der Waals surface area contributed by atoms with Crippen molar-refractivity contribution >= 4 is 45.7 Å². The van der Waals surface area contributed by atoms with E-state index in [1.54, 1.807) is 24.4 Å². The van der Waals surface area contributed by atoms with Crippen LogP contribution in [0.15, 0.2) is 30.5 Å². The van der Waals surface area contributed by atoms with Gasteiger partial charge in [0, 0.05) is 17.8 Å². The monoisotopic (exact) mass is 445 g/mol. The van der Waals surface area contributed by atoms with Gasteiger partial charge in [0.1, 0.15) is 5.52 Å². The molecule has 1 saturated carbocycles. The van der Waals surface area contributed by atoms with E-state index >= 15 is 0 Å². The zero-order chi connectivity index (χ0) is 21.4. The number of phenolic OH excluding ortho intramolecular Hbond substituents is 1. The summed E-state index contributed by atoms with van der Waals surface area (Å²) >= 11 is 12.1. The van der Waals surface area contributed by atoms with Crippen LogP contribution in [0.2, 0.25) is 10.0 Å². The van der Waals surface area contributed by atoms with Crippen molar-refractivity contribution in [1.82, 2.24) is 9.97 Å². The lowest BCUT2D eigenvalue weighted by molar-refractivity contribution is 0.101. The average Bonchev–Trinajstić information content (AvgIpc) is 2.73. The van der Waals surface area contributed by atoms with Gasteiger partial charge in [0.15, 0.2) is 11.5 Å². The number of carbonyl (C=O) groups excluding carboxylic acids is 1. The topological polar surface area (TPSA) is 95.3 Å². The van der Waals surface area contributed by atoms with Crippen LogP contribution in [0, 0.1) is 0 Å². The number of phenols is 1. The Kier molecular flexibility index (Phi) is 5.82. The first kappa shape index (κ1) is 20.8. The van der Waals surface area contributed by atoms with Gasteiger partial charge in [0.25, 0.3) is 0 Å². The number of hydrogen-bond donors (Lipinski definition) is 3. The van der Waals surface area contributed by atoms with Crippen LogP contribution in [0.3, 0.4) is 0 Å². The number of anilines is 1. The zero-order valence-corrected chi connectivity index (χ0v) is 17.8. The number of aromatic nitrogens is 2. The molecule has 0 atom stereocenters. The lowest BCUT2D eigenvalue weighted by Crippen LogP contribution is -2.29. The van der Waals surface area contributed by atoms with E-state index in [4.69, 9.17) is 28.2 Å². The minimum Gasteiger partial charge on any atom is -0.505 e. The number of nitrogens with one attached hydrogen (secondary N) is 1. The second kappa shape index (κ2) is 8.38. The van der Waals surface area contributed by atoms with Gasteiger partial charge >= 0.3 is 0 Å². The molecular weight excluding hydrogens is 425 g/mol. The third kappa shape index (κ3) is 4.08. The van der Waals surface area contributed by atoms with E-state index in [9.17, 15) is 15.0 Å². The lowest BCUT2D eigenvalue weighted by atomic mass is 9.92. The van der Waals surface area contributed by atoms with Gasteiger partial charge in [0.05, 0.1) is 38.6 Å². The molecule has 1 fully saturated rings. The largest absolute Gasteiger partial charge is 0.505 e. The second-order valence-corrected chi connectivity index (χ2v) is 8.42. The quantitative estimate of drug-likeness (QED) is 0.476. The maximum Gasteiger partial charge on any atom is 0.163 e. The highest BCUT2D eigenvalue weighted by atomic mass is 35.5. The minimum atomic E-state index is -0.266. The molecule has 0 unspecified atom stereocenters. The van der Waals surface area contributed by atoms with Crippen LogP contribution in [-0.2, 0) is 0 Å². The Bertz CT molecular complexity index is 1110. The number of rotatable bonds is 4. The van der Waals surface area contributed by atoms with Crippen molar-refractivity contribution in [2.24, 2.45) is 0 Å². The maximum absolute atomic E-state index is 12.3. The van der Waals surface area contributed by atoms with Crippen molar-refractivity contribution < 1.29 is 15.0 Å². The first-order chi connectivity index (χ1) is 14.3. The Morgan fingerprint density at radius 1 is 1.13 bits per heavy atom. The van der Waals surface area contributed by atoms with Crippen molar-refractivity contribution in [2.75, 3.05) is 5.32 Å². The van der Waals surface area contributed by atoms with Crippen LogP contribution in [0.1, 0.15) is 43.0 Å². The molecule has 156 valence electrons. The van der Waals surface area contributed by atoms with Crippen molar-refractivity contribution in [3.05, 3.63) is 46.1 Å². The summed E-state index contributed by atoms with van der Waals surface area (Å²) in [6.45, 7) is 1.50. The summed E-state index contributed by atoms with van der Waals surface area (Å²) in [6, 6.07) is 6.94. The summed E-state index contributed by atoms with van der Waals surface area (Å²) in [7, 11) is 0. The number of hydrogen-bond acceptors (Lipinski definition) is 6. The molecule has 1 aliphatic carbocycles. The number of halogens is 2. The molecule has 1 aliphatic rings. The molecule has 0 bridgehead atoms. The predicted molar refractivity (Wildman–Crippen MR) is 119 cm³/mol. The molecule has 0 radical (unpaired) electrons. The molecular formula is C22H21Cl2N3O3. The Labute approximate surface area is 183 Å². The number of aromatic hydroxyl groups is 1. The van der Waals surface area contributed by atoms with Crippen LogP contribution in [-0.4, -0.2) is 38.1 Å². The van der Waals surface area contributed by atoms with Crippen molar-refractivity contribution in [1.29, 1.82) is 0 Å². The molecule has 6 nitrogen and oxygen atoms in total. The third-order valence-electron chi connectivity index (χ3n) is 5.45. The van der Waals surface area contributed by atoms with Gasteiger partial charge in [-0.05, 0) is 56.9 Å². The molecule has 2 aromatic heterocycles. The average molecular weight is 446 g/mol. The number of fused-ring (bicyclic) bond motifs is 1. The SMILES string of the molecule is CC(=O)c1cnc2ccc(-c3cc(Cl)c(O)c(Cl)c3)nc2c1NC1CCC(O)CC1. The normalized spacial score (nSPS) is 19.1. The molecule has 2 heterocycles. The van der Waals surface area contributed by atoms with E-state index in [1.807, 2.05) is 6.07 Å². The molecule has 1 aromatic carbocycles. The fourth-order valence-electron chi connectivity index (χ4n) is 3.78. The van der Waals surface area contributed by atoms with Crippen molar-refractivity contribution in [3.8, 4) is 17.0 Å². The van der Waals surface area contributed by atoms with Crippen LogP contribution in [0.5, 0.6) is 5.75 Å². The number of pyridine rings is 2. The Hall–Kier alpha value is -2.41. The summed E-state index contributed by atoms with van der Waals surface area (Å²) in [6.07, 6.45) is 4.37. The number of benzene rings is 1. The maximum atomic E-state index is 12.3. The molecule has 3 N–H and O–H groups in total. The highest BCUT2D eigenvalue weighted by Gasteiger charge is 2.23. The van der Waals surface area contributed by atoms with Gasteiger partial charge in [-0.25, -0.2) is 4.98 Å². The van der Waals surface area contributed by atoms with Crippen LogP contribution >= 0.6 is 23.2 Å². The zero-order valence-electron chi connectivity index (χ0n) is 16.3. The van der Waals surface area contributed by atoms with Crippen LogP contribution in [0.25, 0.3) is 22.3 Å². The highest BCUT2D eigenvalue weighted by molar-refractivity contribution is 6.37. The number of aliphatic hydroxyl groups is 1. The molecule has 0 amide bonds. The Morgan fingerprint density at radius 3 is 2.43 bits per heavy atom. The molecule has 0 saturated heterocycles. The minimum absolute atomic E-state index is 0.106. The summed E-state index contributed by atoms with van der Waals surface area (Å²) in [4.78, 5) is 21.4. The predicted octanol–water partition coefficient (Wildman–Crippen LogP) is 5.23. The van der Waals surface area contributed by atoms with Crippen LogP contribution < -0.4 is 5.32 Å². The van der Waals surface area contributed by atoms with Gasteiger partial charge in [-0.15, -0.1) is 0 Å². The lowest BCUT2D eigenvalue weighted by Gasteiger charge is -2.28.